The molecule has 0 aromatic heterocycles. The maximum Gasteiger partial charge on any atom is 0.119 e. The van der Waals surface area contributed by atoms with E-state index in [4.69, 9.17) is 4.74 Å². The molecule has 0 N–H and O–H groups in total. The minimum Gasteiger partial charge on any atom is -0.494 e. The van der Waals surface area contributed by atoms with E-state index in [-0.39, 0.29) is 0 Å². The zero-order chi connectivity index (χ0) is 11.3. The van der Waals surface area contributed by atoms with Crippen LogP contribution in [-0.4, -0.2) is 6.61 Å². The molecule has 0 aliphatic rings. The molecule has 1 unspecified atom stereocenters. The third-order valence-electron chi connectivity index (χ3n) is 2.93. The fourth-order valence-electron chi connectivity index (χ4n) is 1.50. The highest BCUT2D eigenvalue weighted by Crippen LogP contribution is 2.18. The zero-order valence-electron chi connectivity index (χ0n) is 10.3. The fraction of sp³-hybridized carbons (Fsp3) is 0.571. The lowest BCUT2D eigenvalue weighted by Crippen LogP contribution is -2.07. The van der Waals surface area contributed by atoms with Crippen molar-refractivity contribution in [2.45, 2.75) is 34.1 Å². The van der Waals surface area contributed by atoms with E-state index in [1.54, 1.807) is 0 Å². The van der Waals surface area contributed by atoms with Gasteiger partial charge in [0.25, 0.3) is 0 Å². The first-order valence-corrected chi connectivity index (χ1v) is 5.85. The second-order valence-corrected chi connectivity index (χ2v) is 4.50. The second-order valence-electron chi connectivity index (χ2n) is 4.50. The third-order valence-corrected chi connectivity index (χ3v) is 2.93. The molecule has 1 nitrogen and oxygen atoms in total. The molecule has 1 rings (SSSR count). The Balaban J connectivity index is 2.56. The lowest BCUT2D eigenvalue weighted by atomic mass is 9.91. The quantitative estimate of drug-likeness (QED) is 0.709. The number of rotatable bonds is 5. The molecule has 1 aromatic rings. The van der Waals surface area contributed by atoms with Gasteiger partial charge in [-0.3, -0.25) is 0 Å². The average molecular weight is 206 g/mol. The first-order chi connectivity index (χ1) is 7.13. The molecule has 0 fully saturated rings. The topological polar surface area (TPSA) is 9.23 Å². The van der Waals surface area contributed by atoms with E-state index < -0.39 is 0 Å². The Morgan fingerprint density at radius 3 is 2.13 bits per heavy atom. The summed E-state index contributed by atoms with van der Waals surface area (Å²) in [4.78, 5) is 0. The monoisotopic (exact) mass is 206 g/mol. The largest absolute Gasteiger partial charge is 0.494 e. The van der Waals surface area contributed by atoms with Gasteiger partial charge in [-0.1, -0.05) is 32.9 Å². The molecule has 0 bridgehead atoms. The summed E-state index contributed by atoms with van der Waals surface area (Å²) in [6, 6.07) is 8.46. The van der Waals surface area contributed by atoms with Crippen LogP contribution in [0.25, 0.3) is 0 Å². The van der Waals surface area contributed by atoms with E-state index in [0.29, 0.717) is 0 Å². The summed E-state index contributed by atoms with van der Waals surface area (Å²) < 4.78 is 5.41. The van der Waals surface area contributed by atoms with E-state index in [0.717, 1.165) is 30.6 Å². The fourth-order valence-corrected chi connectivity index (χ4v) is 1.50. The van der Waals surface area contributed by atoms with E-state index in [1.165, 1.54) is 5.56 Å². The highest BCUT2D eigenvalue weighted by atomic mass is 16.5. The van der Waals surface area contributed by atoms with Crippen LogP contribution in [0, 0.1) is 11.8 Å². The molecular formula is C14H22O. The lowest BCUT2D eigenvalue weighted by Gasteiger charge is -2.15. The van der Waals surface area contributed by atoms with Crippen molar-refractivity contribution in [3.05, 3.63) is 29.8 Å². The van der Waals surface area contributed by atoms with Crippen LogP contribution in [0.4, 0.5) is 0 Å². The Morgan fingerprint density at radius 1 is 1.07 bits per heavy atom. The van der Waals surface area contributed by atoms with Crippen molar-refractivity contribution < 1.29 is 4.74 Å². The van der Waals surface area contributed by atoms with Crippen LogP contribution in [0.15, 0.2) is 24.3 Å². The van der Waals surface area contributed by atoms with E-state index >= 15 is 0 Å². The normalized spacial score (nSPS) is 12.9. The molecule has 0 aliphatic heterocycles. The Morgan fingerprint density at radius 2 is 1.67 bits per heavy atom. The van der Waals surface area contributed by atoms with Crippen LogP contribution in [0.1, 0.15) is 33.3 Å². The summed E-state index contributed by atoms with van der Waals surface area (Å²) >= 11 is 0. The van der Waals surface area contributed by atoms with Crippen LogP contribution in [-0.2, 0) is 6.42 Å². The summed E-state index contributed by atoms with van der Waals surface area (Å²) in [5, 5.41) is 0. The molecule has 1 aromatic carbocycles. The van der Waals surface area contributed by atoms with Crippen molar-refractivity contribution in [1.29, 1.82) is 0 Å². The summed E-state index contributed by atoms with van der Waals surface area (Å²) in [5.74, 6) is 2.46. The predicted molar refractivity (Wildman–Crippen MR) is 65.3 cm³/mol. The van der Waals surface area contributed by atoms with Crippen LogP contribution in [0.5, 0.6) is 5.75 Å². The molecule has 0 radical (unpaired) electrons. The maximum absolute atomic E-state index is 5.41. The molecule has 0 amide bonds. The van der Waals surface area contributed by atoms with Crippen LogP contribution < -0.4 is 4.74 Å². The Bertz CT molecular complexity index is 274. The van der Waals surface area contributed by atoms with Crippen molar-refractivity contribution in [3.63, 3.8) is 0 Å². The third kappa shape index (κ3) is 3.94. The Kier molecular flexibility index (Phi) is 4.67. The molecule has 0 saturated heterocycles. The number of hydrogen-bond acceptors (Lipinski definition) is 1. The van der Waals surface area contributed by atoms with Crippen molar-refractivity contribution >= 4 is 0 Å². The molecule has 0 aliphatic carbocycles. The van der Waals surface area contributed by atoms with Gasteiger partial charge in [-0.2, -0.15) is 0 Å². The van der Waals surface area contributed by atoms with Crippen molar-refractivity contribution in [2.75, 3.05) is 6.61 Å². The molecule has 15 heavy (non-hydrogen) atoms. The first kappa shape index (κ1) is 12.1. The van der Waals surface area contributed by atoms with Crippen LogP contribution in [0.2, 0.25) is 0 Å². The summed E-state index contributed by atoms with van der Waals surface area (Å²) in [6.45, 7) is 9.61. The highest BCUT2D eigenvalue weighted by Gasteiger charge is 2.07. The van der Waals surface area contributed by atoms with Gasteiger partial charge in [0.15, 0.2) is 0 Å². The van der Waals surface area contributed by atoms with Gasteiger partial charge in [-0.15, -0.1) is 0 Å². The van der Waals surface area contributed by atoms with Gasteiger partial charge < -0.3 is 4.74 Å². The van der Waals surface area contributed by atoms with Crippen LogP contribution >= 0.6 is 0 Å². The molecule has 0 heterocycles. The van der Waals surface area contributed by atoms with Crippen molar-refractivity contribution in [3.8, 4) is 5.75 Å². The first-order valence-electron chi connectivity index (χ1n) is 5.85. The Hall–Kier alpha value is -0.980. The minimum atomic E-state index is 0.738. The van der Waals surface area contributed by atoms with Gasteiger partial charge >= 0.3 is 0 Å². The summed E-state index contributed by atoms with van der Waals surface area (Å²) in [5.41, 5.74) is 1.40. The van der Waals surface area contributed by atoms with E-state index in [2.05, 4.69) is 45.0 Å². The number of ether oxygens (including phenoxy) is 1. The lowest BCUT2D eigenvalue weighted by molar-refractivity contribution is 0.340. The number of hydrogen-bond donors (Lipinski definition) is 0. The number of benzene rings is 1. The standard InChI is InChI=1S/C14H22O/c1-5-15-14-8-6-13(7-9-14)10-12(4)11(2)3/h6-9,11-12H,5,10H2,1-4H3. The second kappa shape index (κ2) is 5.79. The molecule has 84 valence electrons. The Labute approximate surface area is 93.5 Å². The smallest absolute Gasteiger partial charge is 0.119 e. The summed E-state index contributed by atoms with van der Waals surface area (Å²) in [7, 11) is 0. The molecular weight excluding hydrogens is 184 g/mol. The van der Waals surface area contributed by atoms with Gasteiger partial charge in [-0.05, 0) is 42.9 Å². The van der Waals surface area contributed by atoms with Crippen LogP contribution in [0.3, 0.4) is 0 Å². The average Bonchev–Trinajstić information content (AvgIpc) is 2.21. The minimum absolute atomic E-state index is 0.738. The van der Waals surface area contributed by atoms with E-state index in [1.807, 2.05) is 6.92 Å². The van der Waals surface area contributed by atoms with Crippen molar-refractivity contribution in [1.82, 2.24) is 0 Å². The van der Waals surface area contributed by atoms with E-state index in [9.17, 15) is 0 Å². The maximum atomic E-state index is 5.41. The molecule has 0 spiro atoms. The molecule has 0 saturated carbocycles. The van der Waals surface area contributed by atoms with Gasteiger partial charge in [0.2, 0.25) is 0 Å². The van der Waals surface area contributed by atoms with Gasteiger partial charge in [0, 0.05) is 0 Å². The van der Waals surface area contributed by atoms with Crippen molar-refractivity contribution in [2.24, 2.45) is 11.8 Å². The molecule has 1 atom stereocenters. The van der Waals surface area contributed by atoms with Gasteiger partial charge in [0.05, 0.1) is 6.61 Å². The molecule has 1 heteroatoms. The zero-order valence-corrected chi connectivity index (χ0v) is 10.3. The van der Waals surface area contributed by atoms with Gasteiger partial charge in [0.1, 0.15) is 5.75 Å². The highest BCUT2D eigenvalue weighted by molar-refractivity contribution is 5.27. The van der Waals surface area contributed by atoms with Gasteiger partial charge in [-0.25, -0.2) is 0 Å². The summed E-state index contributed by atoms with van der Waals surface area (Å²) in [6.07, 6.45) is 1.16. The SMILES string of the molecule is CCOc1ccc(CC(C)C(C)C)cc1. The predicted octanol–water partition coefficient (Wildman–Crippen LogP) is 3.92.